The third-order valence-electron chi connectivity index (χ3n) is 2.19. The van der Waals surface area contributed by atoms with Crippen LogP contribution in [0.1, 0.15) is 0 Å². The normalized spacial score (nSPS) is 12.7. The lowest BCUT2D eigenvalue weighted by atomic mass is 10.3. The molecule has 6 heteroatoms. The predicted molar refractivity (Wildman–Crippen MR) is 67.8 cm³/mol. The van der Waals surface area contributed by atoms with Crippen LogP contribution in [-0.4, -0.2) is 43.8 Å². The number of thioether (sulfide) groups is 1. The highest BCUT2D eigenvalue weighted by atomic mass is 32.2. The second-order valence-electron chi connectivity index (χ2n) is 3.74. The molecule has 1 atom stereocenters. The molecule has 18 heavy (non-hydrogen) atoms. The van der Waals surface area contributed by atoms with Crippen LogP contribution in [0.5, 0.6) is 0 Å². The summed E-state index contributed by atoms with van der Waals surface area (Å²) < 4.78 is 31.0. The molecule has 0 heterocycles. The van der Waals surface area contributed by atoms with Gasteiger partial charge in [-0.25, -0.2) is 8.78 Å². The summed E-state index contributed by atoms with van der Waals surface area (Å²) in [5, 5.41) is 12.6. The topological polar surface area (TPSA) is 41.5 Å². The van der Waals surface area contributed by atoms with Crippen LogP contribution >= 0.6 is 11.8 Å². The fourth-order valence-electron chi connectivity index (χ4n) is 1.28. The SMILES string of the molecule is COCCNCC(O)CSc1cc(F)ccc1F. The summed E-state index contributed by atoms with van der Waals surface area (Å²) in [6, 6.07) is 3.29. The number of methoxy groups -OCH3 is 1. The van der Waals surface area contributed by atoms with E-state index in [-0.39, 0.29) is 4.90 Å². The molecule has 102 valence electrons. The molecule has 1 aromatic carbocycles. The molecule has 0 radical (unpaired) electrons. The molecule has 0 saturated heterocycles. The average molecular weight is 277 g/mol. The molecular weight excluding hydrogens is 260 g/mol. The van der Waals surface area contributed by atoms with Crippen molar-refractivity contribution in [2.75, 3.05) is 32.6 Å². The van der Waals surface area contributed by atoms with Crippen LogP contribution in [0.15, 0.2) is 23.1 Å². The Morgan fingerprint density at radius 3 is 2.94 bits per heavy atom. The quantitative estimate of drug-likeness (QED) is 0.560. The summed E-state index contributed by atoms with van der Waals surface area (Å²) in [5.74, 6) is -0.645. The molecule has 1 unspecified atom stereocenters. The molecule has 0 aromatic heterocycles. The van der Waals surface area contributed by atoms with Crippen LogP contribution in [0, 0.1) is 11.6 Å². The van der Waals surface area contributed by atoms with Gasteiger partial charge in [-0.05, 0) is 18.2 Å². The van der Waals surface area contributed by atoms with Gasteiger partial charge in [-0.15, -0.1) is 11.8 Å². The summed E-state index contributed by atoms with van der Waals surface area (Å²) in [7, 11) is 1.60. The third kappa shape index (κ3) is 5.77. The molecule has 3 nitrogen and oxygen atoms in total. The monoisotopic (exact) mass is 277 g/mol. The van der Waals surface area contributed by atoms with Crippen molar-refractivity contribution in [1.29, 1.82) is 0 Å². The van der Waals surface area contributed by atoms with Gasteiger partial charge in [0.15, 0.2) is 0 Å². The van der Waals surface area contributed by atoms with Gasteiger partial charge in [0.1, 0.15) is 11.6 Å². The maximum Gasteiger partial charge on any atom is 0.136 e. The Bertz CT molecular complexity index is 366. The summed E-state index contributed by atoms with van der Waals surface area (Å²) in [4.78, 5) is 0.214. The van der Waals surface area contributed by atoms with Crippen molar-refractivity contribution in [3.8, 4) is 0 Å². The smallest absolute Gasteiger partial charge is 0.136 e. The van der Waals surface area contributed by atoms with Gasteiger partial charge < -0.3 is 15.2 Å². The van der Waals surface area contributed by atoms with Crippen molar-refractivity contribution >= 4 is 11.8 Å². The number of aliphatic hydroxyl groups excluding tert-OH is 1. The van der Waals surface area contributed by atoms with Crippen molar-refractivity contribution in [2.24, 2.45) is 0 Å². The number of hydrogen-bond acceptors (Lipinski definition) is 4. The Balaban J connectivity index is 2.29. The highest BCUT2D eigenvalue weighted by Crippen LogP contribution is 2.23. The average Bonchev–Trinajstić information content (AvgIpc) is 2.36. The van der Waals surface area contributed by atoms with E-state index in [1.54, 1.807) is 7.11 Å². The predicted octanol–water partition coefficient (Wildman–Crippen LogP) is 1.65. The summed E-state index contributed by atoms with van der Waals surface area (Å²) in [6.45, 7) is 1.61. The Hall–Kier alpha value is -0.690. The van der Waals surface area contributed by atoms with Crippen molar-refractivity contribution in [1.82, 2.24) is 5.32 Å². The van der Waals surface area contributed by atoms with Crippen LogP contribution in [-0.2, 0) is 4.74 Å². The van der Waals surface area contributed by atoms with Crippen LogP contribution in [0.2, 0.25) is 0 Å². The van der Waals surface area contributed by atoms with E-state index in [0.717, 1.165) is 30.0 Å². The van der Waals surface area contributed by atoms with Gasteiger partial charge in [-0.1, -0.05) is 0 Å². The van der Waals surface area contributed by atoms with E-state index >= 15 is 0 Å². The second kappa shape index (κ2) is 8.42. The van der Waals surface area contributed by atoms with Crippen LogP contribution in [0.25, 0.3) is 0 Å². The van der Waals surface area contributed by atoms with Gasteiger partial charge >= 0.3 is 0 Å². The highest BCUT2D eigenvalue weighted by molar-refractivity contribution is 7.99. The number of aliphatic hydroxyl groups is 1. The first-order valence-electron chi connectivity index (χ1n) is 5.59. The van der Waals surface area contributed by atoms with E-state index in [1.807, 2.05) is 0 Å². The number of halogens is 2. The third-order valence-corrected chi connectivity index (χ3v) is 3.36. The number of nitrogens with one attached hydrogen (secondary N) is 1. The lowest BCUT2D eigenvalue weighted by Gasteiger charge is -2.11. The van der Waals surface area contributed by atoms with Crippen LogP contribution < -0.4 is 5.32 Å². The zero-order valence-electron chi connectivity index (χ0n) is 10.2. The molecular formula is C12H17F2NO2S. The van der Waals surface area contributed by atoms with E-state index in [1.165, 1.54) is 0 Å². The molecule has 0 amide bonds. The van der Waals surface area contributed by atoms with Gasteiger partial charge in [-0.3, -0.25) is 0 Å². The molecule has 1 aromatic rings. The Kier molecular flexibility index (Phi) is 7.19. The Morgan fingerprint density at radius 2 is 2.22 bits per heavy atom. The summed E-state index contributed by atoms with van der Waals surface area (Å²) >= 11 is 1.10. The molecule has 0 bridgehead atoms. The van der Waals surface area contributed by atoms with E-state index in [4.69, 9.17) is 4.74 Å². The highest BCUT2D eigenvalue weighted by Gasteiger charge is 2.08. The van der Waals surface area contributed by atoms with Gasteiger partial charge in [0.05, 0.1) is 12.7 Å². The summed E-state index contributed by atoms with van der Waals surface area (Å²) in [5.41, 5.74) is 0. The Morgan fingerprint density at radius 1 is 1.44 bits per heavy atom. The van der Waals surface area contributed by atoms with E-state index in [0.29, 0.717) is 25.4 Å². The largest absolute Gasteiger partial charge is 0.391 e. The van der Waals surface area contributed by atoms with E-state index in [9.17, 15) is 13.9 Å². The van der Waals surface area contributed by atoms with Crippen LogP contribution in [0.3, 0.4) is 0 Å². The molecule has 0 saturated carbocycles. The van der Waals surface area contributed by atoms with Crippen molar-refractivity contribution in [2.45, 2.75) is 11.0 Å². The van der Waals surface area contributed by atoms with Crippen molar-refractivity contribution in [3.05, 3.63) is 29.8 Å². The first-order chi connectivity index (χ1) is 8.63. The Labute approximate surface area is 110 Å². The van der Waals surface area contributed by atoms with Gasteiger partial charge in [0.25, 0.3) is 0 Å². The maximum atomic E-state index is 13.3. The molecule has 1 rings (SSSR count). The first-order valence-corrected chi connectivity index (χ1v) is 6.57. The van der Waals surface area contributed by atoms with Crippen molar-refractivity contribution in [3.63, 3.8) is 0 Å². The lowest BCUT2D eigenvalue weighted by molar-refractivity contribution is 0.175. The number of benzene rings is 1. The first kappa shape index (κ1) is 15.4. The summed E-state index contributed by atoms with van der Waals surface area (Å²) in [6.07, 6.45) is -0.616. The van der Waals surface area contributed by atoms with Gasteiger partial charge in [0.2, 0.25) is 0 Å². The van der Waals surface area contributed by atoms with Crippen molar-refractivity contribution < 1.29 is 18.6 Å². The molecule has 2 N–H and O–H groups in total. The number of ether oxygens (including phenoxy) is 1. The second-order valence-corrected chi connectivity index (χ2v) is 4.80. The molecule has 0 spiro atoms. The standard InChI is InChI=1S/C12H17F2NO2S/c1-17-5-4-15-7-10(16)8-18-12-6-9(13)2-3-11(12)14/h2-3,6,10,15-16H,4-5,7-8H2,1H3. The van der Waals surface area contributed by atoms with Gasteiger partial charge in [0, 0.05) is 30.8 Å². The molecule has 0 aliphatic heterocycles. The van der Waals surface area contributed by atoms with E-state index < -0.39 is 17.7 Å². The number of hydrogen-bond donors (Lipinski definition) is 2. The minimum absolute atomic E-state index is 0.214. The fraction of sp³-hybridized carbons (Fsp3) is 0.500. The molecule has 0 aliphatic carbocycles. The van der Waals surface area contributed by atoms with Gasteiger partial charge in [-0.2, -0.15) is 0 Å². The fourth-order valence-corrected chi connectivity index (χ4v) is 2.17. The zero-order valence-corrected chi connectivity index (χ0v) is 11.0. The minimum Gasteiger partial charge on any atom is -0.391 e. The molecule has 0 fully saturated rings. The zero-order chi connectivity index (χ0) is 13.4. The van der Waals surface area contributed by atoms with Crippen LogP contribution in [0.4, 0.5) is 8.78 Å². The van der Waals surface area contributed by atoms with E-state index in [2.05, 4.69) is 5.32 Å². The lowest BCUT2D eigenvalue weighted by Crippen LogP contribution is -2.30. The molecule has 0 aliphatic rings. The number of rotatable bonds is 8. The minimum atomic E-state index is -0.616. The maximum absolute atomic E-state index is 13.3.